The molecule has 0 aliphatic carbocycles. The van der Waals surface area contributed by atoms with E-state index in [0.29, 0.717) is 4.88 Å². The predicted molar refractivity (Wildman–Crippen MR) is 119 cm³/mol. The van der Waals surface area contributed by atoms with Gasteiger partial charge < -0.3 is 5.11 Å². The van der Waals surface area contributed by atoms with Gasteiger partial charge in [-0.15, -0.1) is 16.4 Å². The number of fused-ring (bicyclic) bond motifs is 1. The Morgan fingerprint density at radius 1 is 1.38 bits per heavy atom. The number of benzene rings is 1. The van der Waals surface area contributed by atoms with Crippen molar-refractivity contribution in [3.8, 4) is 6.07 Å². The van der Waals surface area contributed by atoms with Crippen molar-refractivity contribution < 1.29 is 18.3 Å². The van der Waals surface area contributed by atoms with Gasteiger partial charge in [0.15, 0.2) is 0 Å². The van der Waals surface area contributed by atoms with Gasteiger partial charge in [-0.25, -0.2) is 4.68 Å². The summed E-state index contributed by atoms with van der Waals surface area (Å²) in [6, 6.07) is 7.84. The van der Waals surface area contributed by atoms with Gasteiger partial charge in [-0.1, -0.05) is 55.2 Å². The minimum atomic E-state index is -4.85. The standard InChI is InChI=1S/C23H21F3N4OS/c1-4-7-8-16(5-2)21-17-10-9-15(11-18(17)32-19(21)12-27)13-30-14-20(28-29-30)22(31,6-3)23(24,25)26/h4-5,7-11,14,31H,1,6,13H2,2-3H3/b8-7-,16-5+. The van der Waals surface area contributed by atoms with Crippen molar-refractivity contribution in [3.63, 3.8) is 0 Å². The molecule has 9 heteroatoms. The molecular formula is C23H21F3N4OS. The summed E-state index contributed by atoms with van der Waals surface area (Å²) in [6.07, 6.45) is 2.96. The van der Waals surface area contributed by atoms with Crippen molar-refractivity contribution in [1.82, 2.24) is 15.0 Å². The number of thiophene rings is 1. The molecule has 3 aromatic rings. The number of aromatic nitrogens is 3. The summed E-state index contributed by atoms with van der Waals surface area (Å²) in [5.41, 5.74) is -1.07. The highest BCUT2D eigenvalue weighted by atomic mass is 32.1. The van der Waals surface area contributed by atoms with Crippen LogP contribution in [0.25, 0.3) is 15.7 Å². The summed E-state index contributed by atoms with van der Waals surface area (Å²) in [5.74, 6) is 0. The number of nitriles is 1. The Morgan fingerprint density at radius 2 is 2.12 bits per heavy atom. The van der Waals surface area contributed by atoms with Crippen molar-refractivity contribution in [2.75, 3.05) is 0 Å². The van der Waals surface area contributed by atoms with Gasteiger partial charge in [0, 0.05) is 15.6 Å². The number of alkyl halides is 3. The van der Waals surface area contributed by atoms with Gasteiger partial charge in [0.1, 0.15) is 16.6 Å². The van der Waals surface area contributed by atoms with Gasteiger partial charge in [0.05, 0.1) is 12.7 Å². The number of aliphatic hydroxyl groups is 1. The average Bonchev–Trinajstić information content (AvgIpc) is 3.37. The quantitative estimate of drug-likeness (QED) is 0.460. The van der Waals surface area contributed by atoms with Crippen LogP contribution in [0, 0.1) is 11.3 Å². The van der Waals surface area contributed by atoms with Crippen molar-refractivity contribution in [1.29, 1.82) is 5.26 Å². The Kier molecular flexibility index (Phi) is 6.67. The average molecular weight is 459 g/mol. The number of halogens is 3. The molecule has 0 spiro atoms. The first-order valence-corrected chi connectivity index (χ1v) is 10.6. The van der Waals surface area contributed by atoms with Crippen LogP contribution in [0.5, 0.6) is 0 Å². The zero-order valence-corrected chi connectivity index (χ0v) is 18.3. The first kappa shape index (κ1) is 23.4. The third-order valence-electron chi connectivity index (χ3n) is 5.16. The summed E-state index contributed by atoms with van der Waals surface area (Å²) in [5, 5.41) is 27.9. The molecule has 0 amide bonds. The molecule has 0 bridgehead atoms. The lowest BCUT2D eigenvalue weighted by atomic mass is 9.96. The summed E-state index contributed by atoms with van der Waals surface area (Å²) in [7, 11) is 0. The molecule has 0 aliphatic heterocycles. The van der Waals surface area contributed by atoms with Crippen LogP contribution in [0.1, 0.15) is 42.0 Å². The molecule has 5 nitrogen and oxygen atoms in total. The summed E-state index contributed by atoms with van der Waals surface area (Å²) in [4.78, 5) is 0.570. The lowest BCUT2D eigenvalue weighted by Crippen LogP contribution is -2.42. The van der Waals surface area contributed by atoms with E-state index in [9.17, 15) is 23.5 Å². The van der Waals surface area contributed by atoms with E-state index in [4.69, 9.17) is 0 Å². The molecule has 1 unspecified atom stereocenters. The normalized spacial score (nSPS) is 14.6. The van der Waals surface area contributed by atoms with Gasteiger partial charge in [-0.2, -0.15) is 18.4 Å². The number of hydrogen-bond donors (Lipinski definition) is 1. The van der Waals surface area contributed by atoms with E-state index in [1.54, 1.807) is 12.2 Å². The number of allylic oxidation sites excluding steroid dienone is 5. The van der Waals surface area contributed by atoms with Gasteiger partial charge in [-0.05, 0) is 30.5 Å². The fourth-order valence-corrected chi connectivity index (χ4v) is 4.47. The minimum absolute atomic E-state index is 0.169. The fourth-order valence-electron chi connectivity index (χ4n) is 3.38. The van der Waals surface area contributed by atoms with Crippen molar-refractivity contribution in [3.05, 3.63) is 77.0 Å². The van der Waals surface area contributed by atoms with Crippen LogP contribution in [0.4, 0.5) is 13.2 Å². The highest BCUT2D eigenvalue weighted by molar-refractivity contribution is 7.19. The van der Waals surface area contributed by atoms with E-state index in [2.05, 4.69) is 23.0 Å². The molecule has 1 atom stereocenters. The van der Waals surface area contributed by atoms with Crippen LogP contribution in [-0.2, 0) is 12.1 Å². The van der Waals surface area contributed by atoms with Crippen LogP contribution < -0.4 is 0 Å². The largest absolute Gasteiger partial charge is 0.423 e. The monoisotopic (exact) mass is 458 g/mol. The third kappa shape index (κ3) is 4.24. The Labute approximate surface area is 187 Å². The van der Waals surface area contributed by atoms with Crippen LogP contribution in [0.2, 0.25) is 0 Å². The molecule has 1 aromatic carbocycles. The number of rotatable bonds is 7. The lowest BCUT2D eigenvalue weighted by Gasteiger charge is -2.26. The zero-order chi connectivity index (χ0) is 23.5. The molecule has 32 heavy (non-hydrogen) atoms. The summed E-state index contributed by atoms with van der Waals surface area (Å²) < 4.78 is 42.0. The predicted octanol–water partition coefficient (Wildman–Crippen LogP) is 5.72. The maximum absolute atomic E-state index is 13.3. The zero-order valence-electron chi connectivity index (χ0n) is 17.5. The molecule has 2 aromatic heterocycles. The van der Waals surface area contributed by atoms with E-state index in [0.717, 1.165) is 33.0 Å². The second-order valence-corrected chi connectivity index (χ2v) is 8.15. The summed E-state index contributed by atoms with van der Waals surface area (Å²) >= 11 is 1.35. The van der Waals surface area contributed by atoms with Crippen LogP contribution in [0.3, 0.4) is 0 Å². The second kappa shape index (κ2) is 9.10. The number of hydrogen-bond acceptors (Lipinski definition) is 5. The van der Waals surface area contributed by atoms with E-state index >= 15 is 0 Å². The van der Waals surface area contributed by atoms with Gasteiger partial charge in [-0.3, -0.25) is 0 Å². The molecule has 0 radical (unpaired) electrons. The highest BCUT2D eigenvalue weighted by Crippen LogP contribution is 2.40. The van der Waals surface area contributed by atoms with Crippen LogP contribution in [0.15, 0.2) is 55.3 Å². The van der Waals surface area contributed by atoms with E-state index in [1.807, 2.05) is 37.3 Å². The lowest BCUT2D eigenvalue weighted by molar-refractivity contribution is -0.269. The third-order valence-corrected chi connectivity index (χ3v) is 6.21. The van der Waals surface area contributed by atoms with Crippen molar-refractivity contribution in [2.45, 2.75) is 38.6 Å². The van der Waals surface area contributed by atoms with Crippen molar-refractivity contribution >= 4 is 27.0 Å². The molecule has 0 saturated heterocycles. The topological polar surface area (TPSA) is 74.7 Å². The fraction of sp³-hybridized carbons (Fsp3) is 0.261. The molecule has 2 heterocycles. The van der Waals surface area contributed by atoms with E-state index in [-0.39, 0.29) is 6.54 Å². The first-order valence-electron chi connectivity index (χ1n) is 9.79. The van der Waals surface area contributed by atoms with Gasteiger partial charge in [0.2, 0.25) is 5.60 Å². The molecule has 1 N–H and O–H groups in total. The van der Waals surface area contributed by atoms with E-state index in [1.165, 1.54) is 22.9 Å². The van der Waals surface area contributed by atoms with Crippen LogP contribution in [-0.4, -0.2) is 26.3 Å². The molecule has 0 saturated carbocycles. The minimum Gasteiger partial charge on any atom is -0.375 e. The van der Waals surface area contributed by atoms with Gasteiger partial charge in [0.25, 0.3) is 0 Å². The molecular weight excluding hydrogens is 437 g/mol. The Hall–Kier alpha value is -3.22. The Balaban J connectivity index is 1.96. The Bertz CT molecular complexity index is 1250. The first-order chi connectivity index (χ1) is 15.2. The Morgan fingerprint density at radius 3 is 2.72 bits per heavy atom. The highest BCUT2D eigenvalue weighted by Gasteiger charge is 2.55. The van der Waals surface area contributed by atoms with Crippen molar-refractivity contribution in [2.24, 2.45) is 0 Å². The summed E-state index contributed by atoms with van der Waals surface area (Å²) in [6.45, 7) is 6.97. The maximum atomic E-state index is 13.3. The van der Waals surface area contributed by atoms with Crippen LogP contribution >= 0.6 is 11.3 Å². The molecule has 166 valence electrons. The smallest absolute Gasteiger partial charge is 0.375 e. The molecule has 0 aliphatic rings. The molecule has 0 fully saturated rings. The second-order valence-electron chi connectivity index (χ2n) is 7.10. The maximum Gasteiger partial charge on any atom is 0.423 e. The SMILES string of the molecule is C=C/C=C\C(=C/C)c1c(C#N)sc2cc(Cn3cc(C(O)(CC)C(F)(F)F)nn3)ccc12. The molecule has 3 rings (SSSR count). The van der Waals surface area contributed by atoms with Gasteiger partial charge >= 0.3 is 6.18 Å². The van der Waals surface area contributed by atoms with E-state index < -0.39 is 23.9 Å². The number of nitrogens with zero attached hydrogens (tertiary/aromatic N) is 4.